The third-order valence-electron chi connectivity index (χ3n) is 6.70. The maximum absolute atomic E-state index is 13.1. The monoisotopic (exact) mass is 462 g/mol. The van der Waals surface area contributed by atoms with E-state index in [1.165, 1.54) is 0 Å². The maximum atomic E-state index is 13.1. The van der Waals surface area contributed by atoms with E-state index in [4.69, 9.17) is 9.47 Å². The van der Waals surface area contributed by atoms with Crippen LogP contribution in [0.2, 0.25) is 0 Å². The van der Waals surface area contributed by atoms with Crippen LogP contribution in [0.4, 0.5) is 0 Å². The van der Waals surface area contributed by atoms with Crippen LogP contribution >= 0.6 is 0 Å². The average molecular weight is 463 g/mol. The highest BCUT2D eigenvalue weighted by molar-refractivity contribution is 6.12. The lowest BCUT2D eigenvalue weighted by Gasteiger charge is -2.20. The van der Waals surface area contributed by atoms with Crippen molar-refractivity contribution in [2.45, 2.75) is 79.1 Å². The first kappa shape index (κ1) is 25.7. The summed E-state index contributed by atoms with van der Waals surface area (Å²) in [6.45, 7) is 8.32. The van der Waals surface area contributed by atoms with E-state index >= 15 is 0 Å². The zero-order valence-corrected chi connectivity index (χ0v) is 21.1. The van der Waals surface area contributed by atoms with Crippen molar-refractivity contribution in [2.24, 2.45) is 11.8 Å². The molecule has 3 aromatic rings. The highest BCUT2D eigenvalue weighted by Gasteiger charge is 2.25. The van der Waals surface area contributed by atoms with E-state index < -0.39 is 0 Å². The molecule has 0 N–H and O–H groups in total. The molecule has 0 aromatic heterocycles. The Morgan fingerprint density at radius 2 is 0.941 bits per heavy atom. The zero-order valence-electron chi connectivity index (χ0n) is 21.1. The summed E-state index contributed by atoms with van der Waals surface area (Å²) < 4.78 is 12.2. The molecule has 0 aliphatic heterocycles. The number of unbranched alkanes of at least 4 members (excludes halogenated alkanes) is 2. The smallest absolute Gasteiger partial charge is 0.314 e. The predicted octanol–water partition coefficient (Wildman–Crippen LogP) is 8.24. The van der Waals surface area contributed by atoms with Gasteiger partial charge in [0.15, 0.2) is 0 Å². The van der Waals surface area contributed by atoms with Crippen molar-refractivity contribution in [3.63, 3.8) is 0 Å². The van der Waals surface area contributed by atoms with Gasteiger partial charge >= 0.3 is 11.9 Å². The van der Waals surface area contributed by atoms with Gasteiger partial charge < -0.3 is 9.47 Å². The Morgan fingerprint density at radius 1 is 0.618 bits per heavy atom. The molecule has 34 heavy (non-hydrogen) atoms. The van der Waals surface area contributed by atoms with E-state index in [2.05, 4.69) is 13.8 Å². The molecule has 4 nitrogen and oxygen atoms in total. The zero-order chi connectivity index (χ0) is 24.5. The van der Waals surface area contributed by atoms with Gasteiger partial charge in [-0.05, 0) is 25.7 Å². The first-order valence-corrected chi connectivity index (χ1v) is 12.9. The van der Waals surface area contributed by atoms with Crippen LogP contribution in [-0.4, -0.2) is 11.9 Å². The van der Waals surface area contributed by atoms with Crippen LogP contribution in [-0.2, 0) is 9.59 Å². The SMILES string of the molecule is CCCCC(CC)C(=O)Oc1c2ccccc2c(OC(=O)C(CC)CCCC)c2ccccc12. The molecule has 0 saturated carbocycles. The van der Waals surface area contributed by atoms with Crippen LogP contribution in [0.25, 0.3) is 21.5 Å². The number of ether oxygens (including phenoxy) is 2. The number of fused-ring (bicyclic) bond motifs is 2. The minimum atomic E-state index is -0.193. The molecule has 3 aromatic carbocycles. The molecule has 182 valence electrons. The molecule has 2 atom stereocenters. The van der Waals surface area contributed by atoms with Gasteiger partial charge in [-0.1, -0.05) is 102 Å². The van der Waals surface area contributed by atoms with Crippen LogP contribution in [0.15, 0.2) is 48.5 Å². The number of hydrogen-bond donors (Lipinski definition) is 0. The highest BCUT2D eigenvalue weighted by Crippen LogP contribution is 2.43. The molecule has 0 spiro atoms. The van der Waals surface area contributed by atoms with Crippen LogP contribution in [0.3, 0.4) is 0 Å². The molecular formula is C30H38O4. The van der Waals surface area contributed by atoms with Gasteiger partial charge in [0.05, 0.1) is 11.8 Å². The lowest BCUT2D eigenvalue weighted by molar-refractivity contribution is -0.140. The molecule has 4 heteroatoms. The molecule has 0 heterocycles. The summed E-state index contributed by atoms with van der Waals surface area (Å²) in [6, 6.07) is 15.4. The van der Waals surface area contributed by atoms with Gasteiger partial charge in [-0.15, -0.1) is 0 Å². The Kier molecular flexibility index (Phi) is 9.50. The van der Waals surface area contributed by atoms with Gasteiger partial charge in [0.25, 0.3) is 0 Å². The molecule has 0 amide bonds. The van der Waals surface area contributed by atoms with E-state index in [-0.39, 0.29) is 23.8 Å². The Balaban J connectivity index is 2.08. The Labute approximate surface area is 203 Å². The Morgan fingerprint density at radius 3 is 1.21 bits per heavy atom. The molecule has 3 rings (SSSR count). The molecular weight excluding hydrogens is 424 g/mol. The number of esters is 2. The second-order valence-corrected chi connectivity index (χ2v) is 9.09. The average Bonchev–Trinajstić information content (AvgIpc) is 2.86. The summed E-state index contributed by atoms with van der Waals surface area (Å²) in [5, 5.41) is 3.13. The van der Waals surface area contributed by atoms with Crippen molar-refractivity contribution >= 4 is 33.5 Å². The van der Waals surface area contributed by atoms with Gasteiger partial charge in [-0.3, -0.25) is 9.59 Å². The van der Waals surface area contributed by atoms with Gasteiger partial charge in [0, 0.05) is 21.5 Å². The van der Waals surface area contributed by atoms with E-state index in [0.29, 0.717) is 11.5 Å². The van der Waals surface area contributed by atoms with E-state index in [0.717, 1.165) is 72.9 Å². The lowest BCUT2D eigenvalue weighted by atomic mass is 9.98. The van der Waals surface area contributed by atoms with E-state index in [1.54, 1.807) is 0 Å². The fourth-order valence-electron chi connectivity index (χ4n) is 4.51. The van der Waals surface area contributed by atoms with Crippen molar-refractivity contribution < 1.29 is 19.1 Å². The molecule has 0 fully saturated rings. The molecule has 0 saturated heterocycles. The lowest BCUT2D eigenvalue weighted by Crippen LogP contribution is -2.21. The number of hydrogen-bond acceptors (Lipinski definition) is 4. The number of carbonyl (C=O) groups is 2. The van der Waals surface area contributed by atoms with Gasteiger partial charge in [-0.2, -0.15) is 0 Å². The second-order valence-electron chi connectivity index (χ2n) is 9.09. The highest BCUT2D eigenvalue weighted by atomic mass is 16.5. The summed E-state index contributed by atoms with van der Waals surface area (Å²) in [4.78, 5) is 26.2. The van der Waals surface area contributed by atoms with Gasteiger partial charge in [-0.25, -0.2) is 0 Å². The van der Waals surface area contributed by atoms with Gasteiger partial charge in [0.2, 0.25) is 0 Å². The topological polar surface area (TPSA) is 52.6 Å². The summed E-state index contributed by atoms with van der Waals surface area (Å²) in [7, 11) is 0. The van der Waals surface area contributed by atoms with Crippen molar-refractivity contribution in [1.29, 1.82) is 0 Å². The standard InChI is InChI=1S/C30H38O4/c1-5-9-15-21(7-3)29(31)33-27-23-17-11-13-19-25(23)28(26-20-14-12-18-24(26)27)34-30(32)22(8-4)16-10-6-2/h11-14,17-22H,5-10,15-16H2,1-4H3. The molecule has 2 unspecified atom stereocenters. The third-order valence-corrected chi connectivity index (χ3v) is 6.70. The number of benzene rings is 3. The molecule has 0 aliphatic rings. The molecule has 0 radical (unpaired) electrons. The number of carbonyl (C=O) groups excluding carboxylic acids is 2. The largest absolute Gasteiger partial charge is 0.425 e. The normalized spacial score (nSPS) is 13.1. The van der Waals surface area contributed by atoms with Crippen molar-refractivity contribution in [3.05, 3.63) is 48.5 Å². The maximum Gasteiger partial charge on any atom is 0.314 e. The summed E-state index contributed by atoms with van der Waals surface area (Å²) in [5.74, 6) is 0.453. The summed E-state index contributed by atoms with van der Waals surface area (Å²) in [5.41, 5.74) is 0. The minimum absolute atomic E-state index is 0.126. The predicted molar refractivity (Wildman–Crippen MR) is 139 cm³/mol. The van der Waals surface area contributed by atoms with E-state index in [9.17, 15) is 9.59 Å². The van der Waals surface area contributed by atoms with Gasteiger partial charge in [0.1, 0.15) is 11.5 Å². The summed E-state index contributed by atoms with van der Waals surface area (Å²) >= 11 is 0. The Bertz CT molecular complexity index is 972. The fraction of sp³-hybridized carbons (Fsp3) is 0.467. The first-order valence-electron chi connectivity index (χ1n) is 12.9. The molecule has 0 aliphatic carbocycles. The second kappa shape index (κ2) is 12.5. The summed E-state index contributed by atoms with van der Waals surface area (Å²) in [6.07, 6.45) is 7.25. The quantitative estimate of drug-likeness (QED) is 0.154. The van der Waals surface area contributed by atoms with Crippen LogP contribution in [0.1, 0.15) is 79.1 Å². The fourth-order valence-corrected chi connectivity index (χ4v) is 4.51. The molecule has 0 bridgehead atoms. The number of rotatable bonds is 12. The first-order chi connectivity index (χ1) is 16.5. The van der Waals surface area contributed by atoms with Crippen LogP contribution in [0, 0.1) is 11.8 Å². The van der Waals surface area contributed by atoms with E-state index in [1.807, 2.05) is 62.4 Å². The van der Waals surface area contributed by atoms with Crippen molar-refractivity contribution in [2.75, 3.05) is 0 Å². The third kappa shape index (κ3) is 5.78. The Hall–Kier alpha value is -2.88. The van der Waals surface area contributed by atoms with Crippen molar-refractivity contribution in [1.82, 2.24) is 0 Å². The van der Waals surface area contributed by atoms with Crippen LogP contribution < -0.4 is 9.47 Å². The minimum Gasteiger partial charge on any atom is -0.425 e. The van der Waals surface area contributed by atoms with Crippen molar-refractivity contribution in [3.8, 4) is 11.5 Å². The van der Waals surface area contributed by atoms with Crippen LogP contribution in [0.5, 0.6) is 11.5 Å².